The predicted molar refractivity (Wildman–Crippen MR) is 136 cm³/mol. The van der Waals surface area contributed by atoms with Crippen LogP contribution in [0.3, 0.4) is 0 Å². The van der Waals surface area contributed by atoms with Crippen molar-refractivity contribution >= 4 is 17.7 Å². The van der Waals surface area contributed by atoms with Crippen LogP contribution in [0.15, 0.2) is 84.9 Å². The summed E-state index contributed by atoms with van der Waals surface area (Å²) >= 11 is 0. The Kier molecular flexibility index (Phi) is 7.93. The van der Waals surface area contributed by atoms with E-state index < -0.39 is 6.04 Å². The molecule has 1 aliphatic heterocycles. The van der Waals surface area contributed by atoms with Crippen LogP contribution in [-0.4, -0.2) is 41.8 Å². The van der Waals surface area contributed by atoms with Crippen molar-refractivity contribution in [2.75, 3.05) is 13.1 Å². The first-order chi connectivity index (χ1) is 17.0. The van der Waals surface area contributed by atoms with Gasteiger partial charge < -0.3 is 15.5 Å². The van der Waals surface area contributed by atoms with Gasteiger partial charge in [0.15, 0.2) is 0 Å². The van der Waals surface area contributed by atoms with Gasteiger partial charge >= 0.3 is 0 Å². The second-order valence-corrected chi connectivity index (χ2v) is 8.97. The zero-order chi connectivity index (χ0) is 24.6. The molecule has 180 valence electrons. The van der Waals surface area contributed by atoms with Crippen molar-refractivity contribution in [1.82, 2.24) is 15.5 Å². The van der Waals surface area contributed by atoms with Crippen LogP contribution >= 0.6 is 0 Å². The Hall–Kier alpha value is -3.93. The Labute approximate surface area is 206 Å². The van der Waals surface area contributed by atoms with Crippen LogP contribution in [0.1, 0.15) is 44.7 Å². The first-order valence-electron chi connectivity index (χ1n) is 12.1. The number of hydrogen-bond acceptors (Lipinski definition) is 3. The topological polar surface area (TPSA) is 78.5 Å². The van der Waals surface area contributed by atoms with Crippen molar-refractivity contribution < 1.29 is 14.4 Å². The molecule has 1 heterocycles. The molecule has 35 heavy (non-hydrogen) atoms. The normalized spacial score (nSPS) is 14.7. The predicted octanol–water partition coefficient (Wildman–Crippen LogP) is 3.96. The summed E-state index contributed by atoms with van der Waals surface area (Å²) < 4.78 is 0. The van der Waals surface area contributed by atoms with E-state index in [1.807, 2.05) is 72.5 Å². The highest BCUT2D eigenvalue weighted by Crippen LogP contribution is 2.24. The van der Waals surface area contributed by atoms with Crippen LogP contribution in [0.5, 0.6) is 0 Å². The lowest BCUT2D eigenvalue weighted by molar-refractivity contribution is -0.124. The van der Waals surface area contributed by atoms with Crippen molar-refractivity contribution in [3.8, 4) is 0 Å². The lowest BCUT2D eigenvalue weighted by atomic mass is 9.88. The van der Waals surface area contributed by atoms with E-state index in [4.69, 9.17) is 0 Å². The van der Waals surface area contributed by atoms with Crippen molar-refractivity contribution in [3.63, 3.8) is 0 Å². The molecule has 6 nitrogen and oxygen atoms in total. The third-order valence-corrected chi connectivity index (χ3v) is 6.59. The average Bonchev–Trinajstić information content (AvgIpc) is 2.91. The molecule has 0 radical (unpaired) electrons. The third kappa shape index (κ3) is 6.15. The van der Waals surface area contributed by atoms with Crippen molar-refractivity contribution in [2.24, 2.45) is 5.92 Å². The van der Waals surface area contributed by atoms with E-state index >= 15 is 0 Å². The molecule has 1 saturated heterocycles. The Bertz CT molecular complexity index is 1160. The minimum atomic E-state index is -0.679. The number of aryl methyl sites for hydroxylation is 1. The summed E-state index contributed by atoms with van der Waals surface area (Å²) in [5, 5.41) is 5.96. The van der Waals surface area contributed by atoms with E-state index in [9.17, 15) is 14.4 Å². The van der Waals surface area contributed by atoms with Gasteiger partial charge in [-0.3, -0.25) is 14.4 Å². The molecule has 1 aliphatic rings. The van der Waals surface area contributed by atoms with Crippen molar-refractivity contribution in [2.45, 2.75) is 32.4 Å². The SMILES string of the molecule is Cc1ccccc1C(=O)N1CCC(C(NC(=O)c2ccccc2)C(=O)NCc2ccccc2)CC1. The maximum Gasteiger partial charge on any atom is 0.254 e. The number of carbonyl (C=O) groups excluding carboxylic acids is 3. The average molecular weight is 470 g/mol. The lowest BCUT2D eigenvalue weighted by Gasteiger charge is -2.36. The largest absolute Gasteiger partial charge is 0.350 e. The van der Waals surface area contributed by atoms with Crippen LogP contribution in [0.25, 0.3) is 0 Å². The minimum Gasteiger partial charge on any atom is -0.350 e. The second-order valence-electron chi connectivity index (χ2n) is 8.97. The number of hydrogen-bond donors (Lipinski definition) is 2. The number of nitrogens with zero attached hydrogens (tertiary/aromatic N) is 1. The number of rotatable bonds is 7. The zero-order valence-electron chi connectivity index (χ0n) is 19.9. The fourth-order valence-corrected chi connectivity index (χ4v) is 4.53. The van der Waals surface area contributed by atoms with E-state index in [-0.39, 0.29) is 23.6 Å². The summed E-state index contributed by atoms with van der Waals surface area (Å²) in [6, 6.07) is 25.5. The van der Waals surface area contributed by atoms with Crippen LogP contribution in [0, 0.1) is 12.8 Å². The Morgan fingerprint density at radius 3 is 2.11 bits per heavy atom. The number of carbonyl (C=O) groups is 3. The molecule has 2 N–H and O–H groups in total. The van der Waals surface area contributed by atoms with Gasteiger partial charge in [0, 0.05) is 30.8 Å². The van der Waals surface area contributed by atoms with Gasteiger partial charge in [-0.05, 0) is 55.0 Å². The first-order valence-corrected chi connectivity index (χ1v) is 12.1. The van der Waals surface area contributed by atoms with Crippen molar-refractivity contribution in [3.05, 3.63) is 107 Å². The minimum absolute atomic E-state index is 0.0138. The highest BCUT2D eigenvalue weighted by Gasteiger charge is 2.34. The van der Waals surface area contributed by atoms with E-state index in [2.05, 4.69) is 10.6 Å². The Morgan fingerprint density at radius 2 is 1.46 bits per heavy atom. The fourth-order valence-electron chi connectivity index (χ4n) is 4.53. The Balaban J connectivity index is 1.44. The van der Waals surface area contributed by atoms with Crippen LogP contribution in [-0.2, 0) is 11.3 Å². The number of amides is 3. The summed E-state index contributed by atoms with van der Waals surface area (Å²) in [4.78, 5) is 41.0. The zero-order valence-corrected chi connectivity index (χ0v) is 19.9. The summed E-state index contributed by atoms with van der Waals surface area (Å²) in [5.41, 5.74) is 3.17. The monoisotopic (exact) mass is 469 g/mol. The molecule has 4 rings (SSSR count). The molecule has 0 saturated carbocycles. The van der Waals surface area contributed by atoms with Gasteiger partial charge in [0.25, 0.3) is 11.8 Å². The quantitative estimate of drug-likeness (QED) is 0.550. The van der Waals surface area contributed by atoms with Crippen molar-refractivity contribution in [1.29, 1.82) is 0 Å². The molecular weight excluding hydrogens is 438 g/mol. The molecule has 3 amide bonds. The highest BCUT2D eigenvalue weighted by atomic mass is 16.2. The van der Waals surface area contributed by atoms with E-state index in [0.717, 1.165) is 11.1 Å². The molecule has 1 unspecified atom stereocenters. The summed E-state index contributed by atoms with van der Waals surface area (Å²) in [7, 11) is 0. The molecule has 3 aromatic carbocycles. The maximum absolute atomic E-state index is 13.3. The molecule has 1 fully saturated rings. The first kappa shape index (κ1) is 24.2. The molecule has 6 heteroatoms. The summed E-state index contributed by atoms with van der Waals surface area (Å²) in [6.45, 7) is 3.41. The molecule has 0 bridgehead atoms. The standard InChI is InChI=1S/C29H31N3O3/c1-21-10-8-9-15-25(21)29(35)32-18-16-23(17-19-32)26(31-27(33)24-13-6-3-7-14-24)28(34)30-20-22-11-4-2-5-12-22/h2-15,23,26H,16-20H2,1H3,(H,30,34)(H,31,33). The fraction of sp³-hybridized carbons (Fsp3) is 0.276. The smallest absolute Gasteiger partial charge is 0.254 e. The van der Waals surface area contributed by atoms with Crippen LogP contribution in [0.4, 0.5) is 0 Å². The van der Waals surface area contributed by atoms with E-state index in [0.29, 0.717) is 43.6 Å². The second kappa shape index (κ2) is 11.5. The number of nitrogens with one attached hydrogen (secondary N) is 2. The van der Waals surface area contributed by atoms with E-state index in [1.54, 1.807) is 24.3 Å². The number of benzene rings is 3. The van der Waals surface area contributed by atoms with Gasteiger partial charge in [-0.15, -0.1) is 0 Å². The van der Waals surface area contributed by atoms with Gasteiger partial charge in [-0.2, -0.15) is 0 Å². The molecule has 3 aromatic rings. The summed E-state index contributed by atoms with van der Waals surface area (Å²) in [5.74, 6) is -0.537. The summed E-state index contributed by atoms with van der Waals surface area (Å²) in [6.07, 6.45) is 1.27. The van der Waals surface area contributed by atoms with Gasteiger partial charge in [-0.25, -0.2) is 0 Å². The lowest BCUT2D eigenvalue weighted by Crippen LogP contribution is -2.53. The molecule has 0 spiro atoms. The van der Waals surface area contributed by atoms with Gasteiger partial charge in [-0.1, -0.05) is 66.7 Å². The van der Waals surface area contributed by atoms with Crippen LogP contribution < -0.4 is 10.6 Å². The molecular formula is C29H31N3O3. The van der Waals surface area contributed by atoms with Gasteiger partial charge in [0.05, 0.1) is 0 Å². The third-order valence-electron chi connectivity index (χ3n) is 6.59. The Morgan fingerprint density at radius 1 is 0.857 bits per heavy atom. The highest BCUT2D eigenvalue weighted by molar-refractivity contribution is 5.98. The van der Waals surface area contributed by atoms with E-state index in [1.165, 1.54) is 0 Å². The van der Waals surface area contributed by atoms with Gasteiger partial charge in [0.1, 0.15) is 6.04 Å². The molecule has 0 aliphatic carbocycles. The van der Waals surface area contributed by atoms with Gasteiger partial charge in [0.2, 0.25) is 5.91 Å². The molecule has 1 atom stereocenters. The number of piperidine rings is 1. The molecule has 0 aromatic heterocycles. The number of likely N-dealkylation sites (tertiary alicyclic amines) is 1. The van der Waals surface area contributed by atoms with Crippen LogP contribution in [0.2, 0.25) is 0 Å². The maximum atomic E-state index is 13.3.